The minimum atomic E-state index is -1.08. The lowest BCUT2D eigenvalue weighted by molar-refractivity contribution is -0.142. The average Bonchev–Trinajstić information content (AvgIpc) is 3.38. The van der Waals surface area contributed by atoms with Crippen LogP contribution in [0.5, 0.6) is 5.75 Å². The third kappa shape index (κ3) is 3.44. The summed E-state index contributed by atoms with van der Waals surface area (Å²) in [6.45, 7) is 11.8. The lowest BCUT2D eigenvalue weighted by atomic mass is 9.76. The first-order valence-electron chi connectivity index (χ1n) is 10.1. The van der Waals surface area contributed by atoms with Crippen molar-refractivity contribution in [3.8, 4) is 11.8 Å². The van der Waals surface area contributed by atoms with Gasteiger partial charge in [-0.2, -0.15) is 5.26 Å². The Bertz CT molecular complexity index is 983. The highest BCUT2D eigenvalue weighted by Gasteiger charge is 2.74. The van der Waals surface area contributed by atoms with Crippen LogP contribution in [0.3, 0.4) is 0 Å². The van der Waals surface area contributed by atoms with Crippen LogP contribution in [-0.2, 0) is 4.79 Å². The number of para-hydroxylation sites is 2. The van der Waals surface area contributed by atoms with E-state index < -0.39 is 22.5 Å². The maximum Gasteiger partial charge on any atom is 0.332 e. The average molecular weight is 394 g/mol. The lowest BCUT2D eigenvalue weighted by Crippen LogP contribution is -2.42. The van der Waals surface area contributed by atoms with Crippen LogP contribution in [0.25, 0.3) is 1.43 Å². The van der Waals surface area contributed by atoms with Gasteiger partial charge in [0.1, 0.15) is 11.4 Å². The zero-order valence-electron chi connectivity index (χ0n) is 18.8. The Labute approximate surface area is 174 Å². The van der Waals surface area contributed by atoms with Gasteiger partial charge in [0.15, 0.2) is 5.54 Å². The molecular weight excluding hydrogens is 364 g/mol. The molecule has 5 nitrogen and oxygen atoms in total. The fraction of sp³-hybridized carbons (Fsp3) is 0.417. The highest BCUT2D eigenvalue weighted by atomic mass is 16.5. The summed E-state index contributed by atoms with van der Waals surface area (Å²) in [5.74, 6) is 0.0440. The van der Waals surface area contributed by atoms with Gasteiger partial charge >= 0.3 is 5.97 Å². The summed E-state index contributed by atoms with van der Waals surface area (Å²) in [6, 6.07) is 16.6. The lowest BCUT2D eigenvalue weighted by Gasteiger charge is -2.29. The molecular formula is C24H28N2O3. The SMILES string of the molecule is [2H]OC(=O)C1(C(C)(C)C)C(c2ccc(C#N)cc2)N1c1ccccc1OC(C)(C)C. The number of nitriles is 1. The van der Waals surface area contributed by atoms with Gasteiger partial charge in [0.25, 0.3) is 1.43 Å². The normalized spacial score (nSPS) is 21.8. The van der Waals surface area contributed by atoms with E-state index in [1.807, 2.05) is 82.8 Å². The minimum Gasteiger partial charge on any atom is -0.486 e. The number of hydrogen-bond acceptors (Lipinski definition) is 5. The van der Waals surface area contributed by atoms with E-state index in [-0.39, 0.29) is 6.04 Å². The largest absolute Gasteiger partial charge is 0.486 e. The van der Waals surface area contributed by atoms with Crippen molar-refractivity contribution < 1.29 is 14.6 Å². The first-order valence-corrected chi connectivity index (χ1v) is 9.72. The zero-order chi connectivity index (χ0) is 22.3. The van der Waals surface area contributed by atoms with Gasteiger partial charge in [-0.15, -0.1) is 0 Å². The number of aliphatic carboxylic acids is 1. The minimum absolute atomic E-state index is 0.354. The molecule has 0 aliphatic carbocycles. The summed E-state index contributed by atoms with van der Waals surface area (Å²) in [4.78, 5) is 15.1. The van der Waals surface area contributed by atoms with Crippen molar-refractivity contribution in [2.45, 2.75) is 58.7 Å². The summed E-state index contributed by atoms with van der Waals surface area (Å²) < 4.78 is 13.6. The molecule has 3 rings (SSSR count). The zero-order valence-corrected chi connectivity index (χ0v) is 17.8. The highest BCUT2D eigenvalue weighted by molar-refractivity contribution is 5.95. The molecule has 2 aromatic carbocycles. The van der Waals surface area contributed by atoms with Crippen molar-refractivity contribution in [1.82, 2.24) is 0 Å². The number of rotatable bonds is 4. The van der Waals surface area contributed by atoms with Crippen molar-refractivity contribution in [1.29, 1.82) is 6.69 Å². The molecule has 1 heterocycles. The second-order valence-corrected chi connectivity index (χ2v) is 9.49. The Balaban J connectivity index is 2.20. The second-order valence-electron chi connectivity index (χ2n) is 9.49. The molecule has 0 bridgehead atoms. The van der Waals surface area contributed by atoms with E-state index in [0.29, 0.717) is 11.3 Å². The van der Waals surface area contributed by atoms with E-state index in [0.717, 1.165) is 11.3 Å². The van der Waals surface area contributed by atoms with Gasteiger partial charge in [-0.05, 0) is 56.0 Å². The fourth-order valence-electron chi connectivity index (χ4n) is 4.11. The molecule has 1 saturated heterocycles. The Kier molecular flexibility index (Phi) is 4.53. The summed E-state index contributed by atoms with van der Waals surface area (Å²) in [5.41, 5.74) is 0.142. The molecule has 29 heavy (non-hydrogen) atoms. The van der Waals surface area contributed by atoms with Gasteiger partial charge in [0, 0.05) is 0 Å². The van der Waals surface area contributed by atoms with Gasteiger partial charge in [-0.3, -0.25) is 0 Å². The molecule has 152 valence electrons. The van der Waals surface area contributed by atoms with Gasteiger partial charge in [0.05, 0.1) is 23.4 Å². The predicted molar refractivity (Wildman–Crippen MR) is 113 cm³/mol. The summed E-state index contributed by atoms with van der Waals surface area (Å²) >= 11 is 0. The third-order valence-electron chi connectivity index (χ3n) is 5.32. The Hall–Kier alpha value is -3.00. The number of anilines is 1. The summed E-state index contributed by atoms with van der Waals surface area (Å²) in [7, 11) is 0. The molecule has 0 aromatic heterocycles. The smallest absolute Gasteiger partial charge is 0.332 e. The molecule has 0 saturated carbocycles. The van der Waals surface area contributed by atoms with Crippen molar-refractivity contribution in [3.63, 3.8) is 0 Å². The third-order valence-corrected chi connectivity index (χ3v) is 5.32. The quantitative estimate of drug-likeness (QED) is 0.726. The van der Waals surface area contributed by atoms with Crippen molar-refractivity contribution in [2.75, 3.05) is 4.90 Å². The molecule has 5 heteroatoms. The fourth-order valence-corrected chi connectivity index (χ4v) is 4.11. The van der Waals surface area contributed by atoms with Gasteiger partial charge < -0.3 is 14.7 Å². The Morgan fingerprint density at radius 2 is 1.76 bits per heavy atom. The molecule has 2 unspecified atom stereocenters. The Morgan fingerprint density at radius 1 is 1.14 bits per heavy atom. The molecule has 0 spiro atoms. The van der Waals surface area contributed by atoms with Gasteiger partial charge in [-0.25, -0.2) is 4.79 Å². The topological polar surface area (TPSA) is 73.3 Å². The van der Waals surface area contributed by atoms with Crippen LogP contribution < -0.4 is 9.64 Å². The number of carboxylic acids is 1. The van der Waals surface area contributed by atoms with Crippen molar-refractivity contribution in [2.24, 2.45) is 5.41 Å². The summed E-state index contributed by atoms with van der Waals surface area (Å²) in [5, 5.41) is 13.7. The van der Waals surface area contributed by atoms with Gasteiger partial charge in [-0.1, -0.05) is 45.0 Å². The van der Waals surface area contributed by atoms with Crippen LogP contribution in [0.1, 0.15) is 58.7 Å². The maximum atomic E-state index is 13.1. The van der Waals surface area contributed by atoms with Crippen molar-refractivity contribution >= 4 is 11.7 Å². The van der Waals surface area contributed by atoms with E-state index in [1.54, 1.807) is 12.1 Å². The van der Waals surface area contributed by atoms with Crippen LogP contribution in [0, 0.1) is 16.7 Å². The highest BCUT2D eigenvalue weighted by Crippen LogP contribution is 2.65. The van der Waals surface area contributed by atoms with Crippen molar-refractivity contribution in [3.05, 3.63) is 59.7 Å². The molecule has 1 aliphatic heterocycles. The first-order chi connectivity index (χ1) is 14.0. The molecule has 0 amide bonds. The molecule has 0 radical (unpaired) electrons. The van der Waals surface area contributed by atoms with Gasteiger partial charge in [0.2, 0.25) is 0 Å². The second kappa shape index (κ2) is 6.81. The predicted octanol–water partition coefficient (Wildman–Crippen LogP) is 5.17. The molecule has 1 fully saturated rings. The summed E-state index contributed by atoms with van der Waals surface area (Å²) in [6.07, 6.45) is 0. The van der Waals surface area contributed by atoms with E-state index in [1.165, 1.54) is 0 Å². The first kappa shape index (κ1) is 19.3. The monoisotopic (exact) mass is 393 g/mol. The molecule has 2 aromatic rings. The van der Waals surface area contributed by atoms with Crippen LogP contribution in [-0.4, -0.2) is 22.2 Å². The molecule has 1 N–H and O–H groups in total. The molecule has 1 aliphatic rings. The standard InChI is InChI=1S/C24H28N2O3/c1-22(2,3)24(21(27)28)20(17-13-11-16(15-25)12-14-17)26(24)18-9-7-8-10-19(18)29-23(4,5)6/h7-14,20H,1-6H3,(H,27,28)/i/hD. The number of carboxylic acid groups (broad SMARTS) is 1. The van der Waals surface area contributed by atoms with Crippen LogP contribution in [0.2, 0.25) is 0 Å². The number of nitrogens with zero attached hydrogens (tertiary/aromatic N) is 2. The van der Waals surface area contributed by atoms with E-state index >= 15 is 0 Å². The van der Waals surface area contributed by atoms with Crippen LogP contribution in [0.4, 0.5) is 5.69 Å². The van der Waals surface area contributed by atoms with E-state index in [2.05, 4.69) is 11.2 Å². The van der Waals surface area contributed by atoms with Crippen LogP contribution in [0.15, 0.2) is 48.5 Å². The maximum absolute atomic E-state index is 13.1. The number of ether oxygens (including phenoxy) is 1. The number of hydrogen-bond donors (Lipinski definition) is 1. The van der Waals surface area contributed by atoms with Crippen LogP contribution >= 0.6 is 0 Å². The number of carbonyl (C=O) groups is 1. The molecule has 2 atom stereocenters. The van der Waals surface area contributed by atoms with E-state index in [4.69, 9.17) is 11.4 Å². The number of benzene rings is 2. The van der Waals surface area contributed by atoms with E-state index in [9.17, 15) is 4.79 Å². The Morgan fingerprint density at radius 3 is 2.28 bits per heavy atom.